The van der Waals surface area contributed by atoms with E-state index in [1.165, 1.54) is 4.31 Å². The van der Waals surface area contributed by atoms with Gasteiger partial charge in [-0.05, 0) is 55.9 Å². The van der Waals surface area contributed by atoms with Crippen LogP contribution in [0.15, 0.2) is 54.6 Å². The number of anilines is 1. The second-order valence-corrected chi connectivity index (χ2v) is 12.0. The molecule has 1 atom stereocenters. The quantitative estimate of drug-likeness (QED) is 0.390. The number of halogens is 1. The average Bonchev–Trinajstić information content (AvgIpc) is 3.37. The monoisotopic (exact) mass is 547 g/mol. The number of carbonyl (C=O) groups is 2. The highest BCUT2D eigenvalue weighted by atomic mass is 35.5. The van der Waals surface area contributed by atoms with Crippen molar-refractivity contribution in [1.29, 1.82) is 0 Å². The molecule has 7 nitrogen and oxygen atoms in total. The van der Waals surface area contributed by atoms with Gasteiger partial charge in [-0.1, -0.05) is 67.8 Å². The number of sulfonamides is 1. The maximum absolute atomic E-state index is 13.5. The number of hydrogen-bond donors (Lipinski definition) is 1. The summed E-state index contributed by atoms with van der Waals surface area (Å²) in [5, 5.41) is 3.59. The van der Waals surface area contributed by atoms with Crippen molar-refractivity contribution >= 4 is 39.1 Å². The molecule has 1 aliphatic carbocycles. The molecular weight excluding hydrogens is 510 g/mol. The Kier molecular flexibility index (Phi) is 10.8. The molecule has 1 saturated carbocycles. The minimum Gasteiger partial charge on any atom is -0.352 e. The van der Waals surface area contributed by atoms with Crippen molar-refractivity contribution in [3.8, 4) is 0 Å². The lowest BCUT2D eigenvalue weighted by molar-refractivity contribution is -0.141. The fraction of sp³-hybridized carbons (Fsp3) is 0.500. The number of nitrogens with zero attached hydrogens (tertiary/aromatic N) is 2. The van der Waals surface area contributed by atoms with Gasteiger partial charge in [0.15, 0.2) is 0 Å². The van der Waals surface area contributed by atoms with Crippen molar-refractivity contribution in [3.05, 3.63) is 65.2 Å². The van der Waals surface area contributed by atoms with E-state index in [2.05, 4.69) is 5.32 Å². The van der Waals surface area contributed by atoms with Crippen LogP contribution in [0.4, 0.5) is 5.69 Å². The smallest absolute Gasteiger partial charge is 0.243 e. The lowest BCUT2D eigenvalue weighted by Gasteiger charge is -2.32. The Morgan fingerprint density at radius 2 is 1.76 bits per heavy atom. The van der Waals surface area contributed by atoms with E-state index in [0.29, 0.717) is 36.5 Å². The molecule has 9 heteroatoms. The molecule has 0 aliphatic heterocycles. The van der Waals surface area contributed by atoms with Gasteiger partial charge in [0.05, 0.1) is 11.9 Å². The molecule has 1 fully saturated rings. The molecule has 0 saturated heterocycles. The van der Waals surface area contributed by atoms with Gasteiger partial charge in [-0.25, -0.2) is 8.42 Å². The van der Waals surface area contributed by atoms with Gasteiger partial charge in [-0.15, -0.1) is 0 Å². The Balaban J connectivity index is 1.71. The predicted octanol–water partition coefficient (Wildman–Crippen LogP) is 4.79. The number of hydrogen-bond acceptors (Lipinski definition) is 4. The second kappa shape index (κ2) is 13.8. The van der Waals surface area contributed by atoms with Crippen LogP contribution in [-0.4, -0.2) is 56.6 Å². The molecule has 0 spiro atoms. The van der Waals surface area contributed by atoms with Crippen LogP contribution in [0.3, 0.4) is 0 Å². The van der Waals surface area contributed by atoms with E-state index in [1.807, 2.05) is 37.3 Å². The summed E-state index contributed by atoms with van der Waals surface area (Å²) in [5.41, 5.74) is 1.56. The molecule has 0 heterocycles. The molecule has 2 aromatic rings. The summed E-state index contributed by atoms with van der Waals surface area (Å²) in [6, 6.07) is 16.2. The number of nitrogens with one attached hydrogen (secondary N) is 1. The summed E-state index contributed by atoms with van der Waals surface area (Å²) in [6.45, 7) is 2.48. The van der Waals surface area contributed by atoms with Crippen LogP contribution in [0, 0.1) is 0 Å². The van der Waals surface area contributed by atoms with Crippen molar-refractivity contribution in [3.63, 3.8) is 0 Å². The van der Waals surface area contributed by atoms with Gasteiger partial charge < -0.3 is 10.2 Å². The molecule has 3 rings (SSSR count). The highest BCUT2D eigenvalue weighted by molar-refractivity contribution is 7.92. The van der Waals surface area contributed by atoms with E-state index in [0.717, 1.165) is 37.5 Å². The molecule has 1 unspecified atom stereocenters. The zero-order chi connectivity index (χ0) is 26.8. The molecular formula is C28H38ClN3O4S. The molecule has 0 radical (unpaired) electrons. The minimum absolute atomic E-state index is 0.104. The van der Waals surface area contributed by atoms with Gasteiger partial charge in [0.2, 0.25) is 21.8 Å². The normalized spacial score (nSPS) is 14.8. The van der Waals surface area contributed by atoms with Crippen molar-refractivity contribution in [2.24, 2.45) is 0 Å². The highest BCUT2D eigenvalue weighted by Crippen LogP contribution is 2.23. The first-order chi connectivity index (χ1) is 17.7. The van der Waals surface area contributed by atoms with Gasteiger partial charge in [0, 0.05) is 30.6 Å². The molecule has 1 N–H and O–H groups in total. The third kappa shape index (κ3) is 8.75. The van der Waals surface area contributed by atoms with Crippen LogP contribution in [0.25, 0.3) is 0 Å². The number of benzene rings is 2. The van der Waals surface area contributed by atoms with Crippen LogP contribution in [0.5, 0.6) is 0 Å². The van der Waals surface area contributed by atoms with Crippen molar-refractivity contribution < 1.29 is 18.0 Å². The zero-order valence-electron chi connectivity index (χ0n) is 21.7. The van der Waals surface area contributed by atoms with Crippen molar-refractivity contribution in [2.75, 3.05) is 23.7 Å². The van der Waals surface area contributed by atoms with Crippen LogP contribution < -0.4 is 9.62 Å². The van der Waals surface area contributed by atoms with Crippen molar-refractivity contribution in [2.45, 2.75) is 70.4 Å². The van der Waals surface area contributed by atoms with Gasteiger partial charge in [0.1, 0.15) is 6.04 Å². The zero-order valence-corrected chi connectivity index (χ0v) is 23.3. The van der Waals surface area contributed by atoms with Crippen LogP contribution in [-0.2, 0) is 26.0 Å². The SMILES string of the molecule is CCC(C(=O)NC1CCCC1)N(CCc1ccccc1)C(=O)CCCN(c1cccc(Cl)c1)S(C)(=O)=O. The summed E-state index contributed by atoms with van der Waals surface area (Å²) < 4.78 is 26.2. The highest BCUT2D eigenvalue weighted by Gasteiger charge is 2.30. The van der Waals surface area contributed by atoms with E-state index in [4.69, 9.17) is 11.6 Å². The van der Waals surface area contributed by atoms with E-state index >= 15 is 0 Å². The van der Waals surface area contributed by atoms with Crippen LogP contribution >= 0.6 is 11.6 Å². The third-order valence-corrected chi connectivity index (χ3v) is 8.25. The summed E-state index contributed by atoms with van der Waals surface area (Å²) in [6.07, 6.45) is 6.92. The molecule has 37 heavy (non-hydrogen) atoms. The average molecular weight is 548 g/mol. The Morgan fingerprint density at radius 1 is 1.05 bits per heavy atom. The lowest BCUT2D eigenvalue weighted by Crippen LogP contribution is -2.52. The lowest BCUT2D eigenvalue weighted by atomic mass is 10.1. The molecule has 2 amide bonds. The fourth-order valence-corrected chi connectivity index (χ4v) is 6.04. The number of carbonyl (C=O) groups excluding carboxylic acids is 2. The number of rotatable bonds is 13. The standard InChI is InChI=1S/C28H38ClN3O4S/c1-3-26(28(34)30-24-14-7-8-15-24)31(20-18-22-11-5-4-6-12-22)27(33)17-10-19-32(37(2,35)36)25-16-9-13-23(29)21-25/h4-6,9,11-13,16,21,24,26H,3,7-8,10,14-15,17-20H2,1-2H3,(H,30,34). The van der Waals surface area contributed by atoms with Crippen LogP contribution in [0.2, 0.25) is 5.02 Å². The largest absolute Gasteiger partial charge is 0.352 e. The summed E-state index contributed by atoms with van der Waals surface area (Å²) >= 11 is 6.07. The van der Waals surface area contributed by atoms with Gasteiger partial charge in [0.25, 0.3) is 0 Å². The Morgan fingerprint density at radius 3 is 2.38 bits per heavy atom. The van der Waals surface area contributed by atoms with E-state index in [9.17, 15) is 18.0 Å². The summed E-state index contributed by atoms with van der Waals surface area (Å²) in [4.78, 5) is 28.4. The first-order valence-electron chi connectivity index (χ1n) is 13.1. The predicted molar refractivity (Wildman–Crippen MR) is 149 cm³/mol. The second-order valence-electron chi connectivity index (χ2n) is 9.66. The molecule has 0 aromatic heterocycles. The summed E-state index contributed by atoms with van der Waals surface area (Å²) in [5.74, 6) is -0.253. The van der Waals surface area contributed by atoms with Gasteiger partial charge in [-0.3, -0.25) is 13.9 Å². The third-order valence-electron chi connectivity index (χ3n) is 6.82. The molecule has 202 valence electrons. The molecule has 1 aliphatic rings. The van der Waals surface area contributed by atoms with Crippen LogP contribution in [0.1, 0.15) is 57.4 Å². The summed E-state index contributed by atoms with van der Waals surface area (Å²) in [7, 11) is -3.56. The Bertz CT molecular complexity index is 1140. The first-order valence-corrected chi connectivity index (χ1v) is 15.3. The molecule has 0 bridgehead atoms. The molecule has 2 aromatic carbocycles. The van der Waals surface area contributed by atoms with Gasteiger partial charge in [-0.2, -0.15) is 0 Å². The number of amides is 2. The van der Waals surface area contributed by atoms with E-state index in [-0.39, 0.29) is 30.8 Å². The maximum atomic E-state index is 13.5. The van der Waals surface area contributed by atoms with Crippen molar-refractivity contribution in [1.82, 2.24) is 10.2 Å². The van der Waals surface area contributed by atoms with Gasteiger partial charge >= 0.3 is 0 Å². The van der Waals surface area contributed by atoms with E-state index < -0.39 is 16.1 Å². The Labute approximate surface area is 226 Å². The topological polar surface area (TPSA) is 86.8 Å². The fourth-order valence-electron chi connectivity index (χ4n) is 4.90. The first kappa shape index (κ1) is 29.0. The maximum Gasteiger partial charge on any atom is 0.243 e. The Hall–Kier alpha value is -2.58. The van der Waals surface area contributed by atoms with E-state index in [1.54, 1.807) is 29.2 Å². The minimum atomic E-state index is -3.56.